The third-order valence-corrected chi connectivity index (χ3v) is 2.10. The highest BCUT2D eigenvalue weighted by Gasteiger charge is 2.27. The smallest absolute Gasteiger partial charge is 0.127 e. The fraction of sp³-hybridized carbons (Fsp3) is 0.750. The minimum atomic E-state index is 0.322. The average molecular weight is 140 g/mol. The van der Waals surface area contributed by atoms with E-state index in [4.69, 9.17) is 9.47 Å². The zero-order valence-electron chi connectivity index (χ0n) is 5.95. The Labute approximate surface area is 60.8 Å². The Morgan fingerprint density at radius 2 is 2.30 bits per heavy atom. The molecule has 2 heteroatoms. The van der Waals surface area contributed by atoms with Crippen LogP contribution in [0.15, 0.2) is 12.3 Å². The highest BCUT2D eigenvalue weighted by molar-refractivity contribution is 4.91. The molecule has 56 valence electrons. The lowest BCUT2D eigenvalue weighted by Gasteiger charge is -2.16. The molecule has 0 aromatic carbocycles. The first-order valence-electron chi connectivity index (χ1n) is 3.89. The van der Waals surface area contributed by atoms with E-state index in [0.717, 1.165) is 13.0 Å². The van der Waals surface area contributed by atoms with Gasteiger partial charge in [-0.1, -0.05) is 0 Å². The Morgan fingerprint density at radius 1 is 1.30 bits per heavy atom. The van der Waals surface area contributed by atoms with Crippen LogP contribution in [-0.2, 0) is 9.47 Å². The van der Waals surface area contributed by atoms with Crippen molar-refractivity contribution in [2.45, 2.75) is 31.5 Å². The lowest BCUT2D eigenvalue weighted by atomic mass is 10.1. The van der Waals surface area contributed by atoms with Crippen LogP contribution in [0.2, 0.25) is 0 Å². The summed E-state index contributed by atoms with van der Waals surface area (Å²) in [7, 11) is 0. The van der Waals surface area contributed by atoms with Crippen molar-refractivity contribution in [3.8, 4) is 0 Å². The number of rotatable bonds is 1. The van der Waals surface area contributed by atoms with Crippen LogP contribution in [0.5, 0.6) is 0 Å². The van der Waals surface area contributed by atoms with Crippen LogP contribution in [0.1, 0.15) is 19.3 Å². The molecule has 0 aromatic heterocycles. The van der Waals surface area contributed by atoms with Crippen LogP contribution in [0.4, 0.5) is 0 Å². The topological polar surface area (TPSA) is 18.5 Å². The van der Waals surface area contributed by atoms with Gasteiger partial charge in [0.25, 0.3) is 0 Å². The maximum absolute atomic E-state index is 5.47. The monoisotopic (exact) mass is 140 g/mol. The normalized spacial score (nSPS) is 38.4. The largest absolute Gasteiger partial charge is 0.495 e. The predicted octanol–water partition coefficient (Wildman–Crippen LogP) is 1.47. The van der Waals surface area contributed by atoms with E-state index in [1.54, 1.807) is 6.26 Å². The molecule has 0 spiro atoms. The van der Waals surface area contributed by atoms with Gasteiger partial charge < -0.3 is 9.47 Å². The molecule has 0 bridgehead atoms. The number of ether oxygens (including phenoxy) is 2. The minimum absolute atomic E-state index is 0.322. The van der Waals surface area contributed by atoms with Crippen molar-refractivity contribution in [2.75, 3.05) is 6.61 Å². The van der Waals surface area contributed by atoms with Gasteiger partial charge in [0.15, 0.2) is 0 Å². The molecule has 0 amide bonds. The summed E-state index contributed by atoms with van der Waals surface area (Å²) in [6.45, 7) is 0.921. The molecule has 2 nitrogen and oxygen atoms in total. The molecule has 2 unspecified atom stereocenters. The minimum Gasteiger partial charge on any atom is -0.495 e. The summed E-state index contributed by atoms with van der Waals surface area (Å²) in [5, 5.41) is 0. The predicted molar refractivity (Wildman–Crippen MR) is 37.6 cm³/mol. The summed E-state index contributed by atoms with van der Waals surface area (Å²) in [6, 6.07) is 0. The lowest BCUT2D eigenvalue weighted by molar-refractivity contribution is 0.00222. The highest BCUT2D eigenvalue weighted by atomic mass is 16.5. The Bertz CT molecular complexity index is 128. The summed E-state index contributed by atoms with van der Waals surface area (Å²) >= 11 is 0. The van der Waals surface area contributed by atoms with Gasteiger partial charge in [0.1, 0.15) is 6.10 Å². The second kappa shape index (κ2) is 2.62. The van der Waals surface area contributed by atoms with Crippen LogP contribution in [-0.4, -0.2) is 18.8 Å². The van der Waals surface area contributed by atoms with Crippen LogP contribution in [0.3, 0.4) is 0 Å². The maximum atomic E-state index is 5.47. The molecule has 0 aromatic rings. The summed E-state index contributed by atoms with van der Waals surface area (Å²) in [5.41, 5.74) is 0. The third kappa shape index (κ3) is 1.03. The number of hydrogen-bond acceptors (Lipinski definition) is 2. The summed E-state index contributed by atoms with van der Waals surface area (Å²) in [6.07, 6.45) is 7.94. The van der Waals surface area contributed by atoms with E-state index in [0.29, 0.717) is 12.2 Å². The molecule has 0 aliphatic carbocycles. The molecule has 2 aliphatic rings. The quantitative estimate of drug-likeness (QED) is 0.549. The Morgan fingerprint density at radius 3 is 2.90 bits per heavy atom. The molecule has 2 rings (SSSR count). The Balaban J connectivity index is 1.87. The van der Waals surface area contributed by atoms with Gasteiger partial charge in [-0.25, -0.2) is 0 Å². The first-order chi connectivity index (χ1) is 4.97. The summed E-state index contributed by atoms with van der Waals surface area (Å²) in [5.74, 6) is 0. The zero-order chi connectivity index (χ0) is 6.81. The van der Waals surface area contributed by atoms with Gasteiger partial charge in [-0.3, -0.25) is 0 Å². The van der Waals surface area contributed by atoms with E-state index in [1.165, 1.54) is 12.8 Å². The van der Waals surface area contributed by atoms with Crippen LogP contribution >= 0.6 is 0 Å². The molecule has 2 atom stereocenters. The van der Waals surface area contributed by atoms with Gasteiger partial charge in [-0.2, -0.15) is 0 Å². The second-order valence-corrected chi connectivity index (χ2v) is 2.83. The van der Waals surface area contributed by atoms with Crippen molar-refractivity contribution in [1.82, 2.24) is 0 Å². The van der Waals surface area contributed by atoms with E-state index in [2.05, 4.69) is 6.08 Å². The lowest BCUT2D eigenvalue weighted by Crippen LogP contribution is -2.23. The third-order valence-electron chi connectivity index (χ3n) is 2.10. The molecular formula is C8H12O2. The zero-order valence-corrected chi connectivity index (χ0v) is 5.95. The van der Waals surface area contributed by atoms with Crippen molar-refractivity contribution in [1.29, 1.82) is 0 Å². The molecule has 0 N–H and O–H groups in total. The summed E-state index contributed by atoms with van der Waals surface area (Å²) in [4.78, 5) is 0. The molecule has 0 saturated carbocycles. The fourth-order valence-corrected chi connectivity index (χ4v) is 1.54. The molecule has 10 heavy (non-hydrogen) atoms. The van der Waals surface area contributed by atoms with Gasteiger partial charge in [0.2, 0.25) is 0 Å². The van der Waals surface area contributed by atoms with Crippen molar-refractivity contribution < 1.29 is 9.47 Å². The second-order valence-electron chi connectivity index (χ2n) is 2.83. The van der Waals surface area contributed by atoms with Crippen LogP contribution < -0.4 is 0 Å². The standard InChI is InChI=1S/C8H12O2/c1-3-7(9-5-1)8-4-2-6-10-8/h1,5,7-8H,2-4,6H2. The first-order valence-corrected chi connectivity index (χ1v) is 3.89. The molecule has 0 radical (unpaired) electrons. The highest BCUT2D eigenvalue weighted by Crippen LogP contribution is 2.23. The Hall–Kier alpha value is -0.500. The van der Waals surface area contributed by atoms with Crippen molar-refractivity contribution >= 4 is 0 Å². The summed E-state index contributed by atoms with van der Waals surface area (Å²) < 4.78 is 10.8. The average Bonchev–Trinajstić information content (AvgIpc) is 2.59. The van der Waals surface area contributed by atoms with Crippen LogP contribution in [0, 0.1) is 0 Å². The fourth-order valence-electron chi connectivity index (χ4n) is 1.54. The van der Waals surface area contributed by atoms with Crippen molar-refractivity contribution in [2.24, 2.45) is 0 Å². The molecule has 1 fully saturated rings. The first kappa shape index (κ1) is 6.23. The van der Waals surface area contributed by atoms with Gasteiger partial charge in [0, 0.05) is 13.0 Å². The van der Waals surface area contributed by atoms with E-state index in [9.17, 15) is 0 Å². The molecule has 1 saturated heterocycles. The van der Waals surface area contributed by atoms with Gasteiger partial charge >= 0.3 is 0 Å². The van der Waals surface area contributed by atoms with E-state index >= 15 is 0 Å². The van der Waals surface area contributed by atoms with Gasteiger partial charge in [0.05, 0.1) is 12.4 Å². The molecule has 2 aliphatic heterocycles. The molecule has 2 heterocycles. The van der Waals surface area contributed by atoms with Gasteiger partial charge in [-0.05, 0) is 18.9 Å². The SMILES string of the molecule is C1=COC(C2CCCO2)C1. The van der Waals surface area contributed by atoms with Crippen molar-refractivity contribution in [3.63, 3.8) is 0 Å². The molecular weight excluding hydrogens is 128 g/mol. The maximum Gasteiger partial charge on any atom is 0.127 e. The van der Waals surface area contributed by atoms with E-state index in [-0.39, 0.29) is 0 Å². The van der Waals surface area contributed by atoms with Crippen molar-refractivity contribution in [3.05, 3.63) is 12.3 Å². The van der Waals surface area contributed by atoms with E-state index < -0.39 is 0 Å². The van der Waals surface area contributed by atoms with Gasteiger partial charge in [-0.15, -0.1) is 0 Å². The van der Waals surface area contributed by atoms with E-state index in [1.807, 2.05) is 0 Å². The number of hydrogen-bond donors (Lipinski definition) is 0. The van der Waals surface area contributed by atoms with Crippen LogP contribution in [0.25, 0.3) is 0 Å². The Kier molecular flexibility index (Phi) is 1.63.